The van der Waals surface area contributed by atoms with Gasteiger partial charge in [-0.2, -0.15) is 0 Å². The van der Waals surface area contributed by atoms with E-state index in [0.717, 1.165) is 45.3 Å². The van der Waals surface area contributed by atoms with E-state index in [9.17, 15) is 14.7 Å². The first-order chi connectivity index (χ1) is 13.4. The molecule has 0 aromatic carbocycles. The SMILES string of the molecule is CCC(C(SC)C(=O)O)N(CCN(CC)CCOC)C(=O)C1CCC(C)CC1. The van der Waals surface area contributed by atoms with Crippen LogP contribution in [0, 0.1) is 11.8 Å². The summed E-state index contributed by atoms with van der Waals surface area (Å²) in [5.74, 6) is 0.0423. The molecule has 1 fully saturated rings. The Bertz CT molecular complexity index is 469. The molecular formula is C21H40N2O4S. The van der Waals surface area contributed by atoms with Crippen LogP contribution in [0.25, 0.3) is 0 Å². The molecule has 0 aromatic heterocycles. The topological polar surface area (TPSA) is 70.1 Å². The highest BCUT2D eigenvalue weighted by Crippen LogP contribution is 2.31. The molecular weight excluding hydrogens is 376 g/mol. The molecule has 0 bridgehead atoms. The minimum atomic E-state index is -0.832. The molecule has 0 aliphatic heterocycles. The average molecular weight is 417 g/mol. The number of carboxylic acid groups (broad SMARTS) is 1. The van der Waals surface area contributed by atoms with E-state index >= 15 is 0 Å². The number of thioether (sulfide) groups is 1. The van der Waals surface area contributed by atoms with Crippen molar-refractivity contribution in [1.82, 2.24) is 9.80 Å². The van der Waals surface area contributed by atoms with E-state index < -0.39 is 11.2 Å². The van der Waals surface area contributed by atoms with Crippen molar-refractivity contribution in [2.45, 2.75) is 64.2 Å². The van der Waals surface area contributed by atoms with E-state index in [4.69, 9.17) is 4.74 Å². The zero-order valence-electron chi connectivity index (χ0n) is 18.4. The first-order valence-electron chi connectivity index (χ1n) is 10.7. The summed E-state index contributed by atoms with van der Waals surface area (Å²) < 4.78 is 5.19. The van der Waals surface area contributed by atoms with Crippen molar-refractivity contribution in [3.8, 4) is 0 Å². The van der Waals surface area contributed by atoms with Gasteiger partial charge >= 0.3 is 5.97 Å². The van der Waals surface area contributed by atoms with Crippen LogP contribution in [0.2, 0.25) is 0 Å². The van der Waals surface area contributed by atoms with Gasteiger partial charge in [0.25, 0.3) is 0 Å². The minimum absolute atomic E-state index is 0.0376. The minimum Gasteiger partial charge on any atom is -0.480 e. The Labute approximate surface area is 175 Å². The van der Waals surface area contributed by atoms with Crippen molar-refractivity contribution in [3.63, 3.8) is 0 Å². The number of carboxylic acids is 1. The molecule has 0 radical (unpaired) electrons. The lowest BCUT2D eigenvalue weighted by molar-refractivity contribution is -0.143. The average Bonchev–Trinajstić information content (AvgIpc) is 2.69. The largest absolute Gasteiger partial charge is 0.480 e. The number of methoxy groups -OCH3 is 1. The quantitative estimate of drug-likeness (QED) is 0.497. The van der Waals surface area contributed by atoms with Crippen molar-refractivity contribution in [3.05, 3.63) is 0 Å². The molecule has 0 spiro atoms. The molecule has 6 nitrogen and oxygen atoms in total. The van der Waals surface area contributed by atoms with Gasteiger partial charge in [0.1, 0.15) is 5.25 Å². The zero-order chi connectivity index (χ0) is 21.1. The Kier molecular flexibility index (Phi) is 12.1. The Hall–Kier alpha value is -0.790. The van der Waals surface area contributed by atoms with Gasteiger partial charge in [0.2, 0.25) is 5.91 Å². The second kappa shape index (κ2) is 13.4. The number of aliphatic carboxylic acids is 1. The van der Waals surface area contributed by atoms with Crippen LogP contribution in [0.5, 0.6) is 0 Å². The highest BCUT2D eigenvalue weighted by molar-refractivity contribution is 8.00. The van der Waals surface area contributed by atoms with Gasteiger partial charge in [0.05, 0.1) is 12.6 Å². The molecule has 0 aromatic rings. The summed E-state index contributed by atoms with van der Waals surface area (Å²) in [5, 5.41) is 9.11. The predicted octanol–water partition coefficient (Wildman–Crippen LogP) is 3.20. The lowest BCUT2D eigenvalue weighted by Gasteiger charge is -2.39. The number of rotatable bonds is 13. The molecule has 164 valence electrons. The molecule has 0 heterocycles. The number of likely N-dealkylation sites (N-methyl/N-ethyl adjacent to an activating group) is 1. The Morgan fingerprint density at radius 1 is 1.14 bits per heavy atom. The summed E-state index contributed by atoms with van der Waals surface area (Å²) in [6.45, 7) is 10.0. The lowest BCUT2D eigenvalue weighted by Crippen LogP contribution is -2.53. The Morgan fingerprint density at radius 2 is 1.79 bits per heavy atom. The number of carbonyl (C=O) groups excluding carboxylic acids is 1. The van der Waals surface area contributed by atoms with Crippen molar-refractivity contribution < 1.29 is 19.4 Å². The van der Waals surface area contributed by atoms with Crippen molar-refractivity contribution in [2.75, 3.05) is 46.2 Å². The third kappa shape index (κ3) is 7.56. The smallest absolute Gasteiger partial charge is 0.318 e. The molecule has 2 unspecified atom stereocenters. The summed E-state index contributed by atoms with van der Waals surface area (Å²) in [6.07, 6.45) is 6.48. The van der Waals surface area contributed by atoms with E-state index in [1.54, 1.807) is 7.11 Å². The summed E-state index contributed by atoms with van der Waals surface area (Å²) in [4.78, 5) is 29.4. The highest BCUT2D eigenvalue weighted by atomic mass is 32.2. The van der Waals surface area contributed by atoms with Gasteiger partial charge in [0.15, 0.2) is 0 Å². The predicted molar refractivity (Wildman–Crippen MR) is 116 cm³/mol. The van der Waals surface area contributed by atoms with Crippen LogP contribution in [0.3, 0.4) is 0 Å². The molecule has 1 aliphatic carbocycles. The summed E-state index contributed by atoms with van der Waals surface area (Å²) in [7, 11) is 1.69. The number of ether oxygens (including phenoxy) is 1. The van der Waals surface area contributed by atoms with Crippen molar-refractivity contribution in [1.29, 1.82) is 0 Å². The monoisotopic (exact) mass is 416 g/mol. The van der Waals surface area contributed by atoms with Crippen LogP contribution in [0.15, 0.2) is 0 Å². The van der Waals surface area contributed by atoms with E-state index in [2.05, 4.69) is 18.7 Å². The van der Waals surface area contributed by atoms with Crippen LogP contribution in [0.4, 0.5) is 0 Å². The first kappa shape index (κ1) is 25.2. The number of amides is 1. The van der Waals surface area contributed by atoms with Crippen LogP contribution in [0.1, 0.15) is 52.9 Å². The van der Waals surface area contributed by atoms with Gasteiger partial charge < -0.3 is 14.7 Å². The number of hydrogen-bond donors (Lipinski definition) is 1. The van der Waals surface area contributed by atoms with Crippen LogP contribution in [-0.4, -0.2) is 84.2 Å². The molecule has 1 amide bonds. The van der Waals surface area contributed by atoms with Gasteiger partial charge in [-0.1, -0.05) is 20.8 Å². The third-order valence-electron chi connectivity index (χ3n) is 6.03. The number of hydrogen-bond acceptors (Lipinski definition) is 5. The molecule has 0 saturated heterocycles. The van der Waals surface area contributed by atoms with E-state index in [-0.39, 0.29) is 17.9 Å². The molecule has 28 heavy (non-hydrogen) atoms. The van der Waals surface area contributed by atoms with E-state index in [0.29, 0.717) is 25.5 Å². The molecule has 1 saturated carbocycles. The maximum absolute atomic E-state index is 13.4. The molecule has 1 aliphatic rings. The summed E-state index contributed by atoms with van der Waals surface area (Å²) in [6, 6.07) is -0.277. The van der Waals surface area contributed by atoms with Gasteiger partial charge in [-0.25, -0.2) is 0 Å². The number of nitrogens with zero attached hydrogens (tertiary/aromatic N) is 2. The van der Waals surface area contributed by atoms with Crippen LogP contribution >= 0.6 is 11.8 Å². The number of carbonyl (C=O) groups is 2. The lowest BCUT2D eigenvalue weighted by atomic mass is 9.82. The Morgan fingerprint density at radius 3 is 2.25 bits per heavy atom. The van der Waals surface area contributed by atoms with Crippen LogP contribution < -0.4 is 0 Å². The summed E-state index contributed by atoms with van der Waals surface area (Å²) >= 11 is 1.33. The van der Waals surface area contributed by atoms with Gasteiger partial charge in [-0.05, 0) is 50.8 Å². The fraction of sp³-hybridized carbons (Fsp3) is 0.905. The second-order valence-corrected chi connectivity index (χ2v) is 8.86. The maximum Gasteiger partial charge on any atom is 0.318 e. The molecule has 2 atom stereocenters. The molecule has 1 rings (SSSR count). The zero-order valence-corrected chi connectivity index (χ0v) is 19.2. The van der Waals surface area contributed by atoms with Crippen molar-refractivity contribution in [2.24, 2.45) is 11.8 Å². The molecule has 1 N–H and O–H groups in total. The maximum atomic E-state index is 13.4. The van der Waals surface area contributed by atoms with Gasteiger partial charge in [-0.15, -0.1) is 11.8 Å². The standard InChI is InChI=1S/C21H40N2O4S/c1-6-18(19(28-5)21(25)26)23(13-12-22(7-2)14-15-27-4)20(24)17-10-8-16(3)9-11-17/h16-19H,6-15H2,1-5H3,(H,25,26). The normalized spacial score (nSPS) is 22.1. The van der Waals surface area contributed by atoms with E-state index in [1.807, 2.05) is 18.1 Å². The van der Waals surface area contributed by atoms with Crippen LogP contribution in [-0.2, 0) is 14.3 Å². The Balaban J connectivity index is 2.96. The fourth-order valence-electron chi connectivity index (χ4n) is 4.10. The summed E-state index contributed by atoms with van der Waals surface area (Å²) in [5.41, 5.74) is 0. The van der Waals surface area contributed by atoms with Crippen molar-refractivity contribution >= 4 is 23.6 Å². The second-order valence-electron chi connectivity index (χ2n) is 7.89. The van der Waals surface area contributed by atoms with Gasteiger partial charge in [0, 0.05) is 32.7 Å². The third-order valence-corrected chi connectivity index (χ3v) is 7.05. The highest BCUT2D eigenvalue weighted by Gasteiger charge is 2.37. The van der Waals surface area contributed by atoms with E-state index in [1.165, 1.54) is 11.8 Å². The molecule has 7 heteroatoms. The van der Waals surface area contributed by atoms with Gasteiger partial charge in [-0.3, -0.25) is 14.5 Å². The fourth-order valence-corrected chi connectivity index (χ4v) is 4.95. The first-order valence-corrected chi connectivity index (χ1v) is 12.0.